The van der Waals surface area contributed by atoms with Crippen molar-refractivity contribution in [3.05, 3.63) is 33.8 Å². The minimum Gasteiger partial charge on any atom is -0.388 e. The van der Waals surface area contributed by atoms with Gasteiger partial charge in [0.1, 0.15) is 18.3 Å². The van der Waals surface area contributed by atoms with Crippen molar-refractivity contribution < 1.29 is 19.4 Å². The Kier molecular flexibility index (Phi) is 4.38. The number of halogens is 2. The molecule has 7 heteroatoms. The van der Waals surface area contributed by atoms with Crippen LogP contribution in [0.15, 0.2) is 18.2 Å². The number of aliphatic hydroxyl groups excluding tert-OH is 1. The molecule has 1 aromatic rings. The Morgan fingerprint density at radius 1 is 1.24 bits per heavy atom. The van der Waals surface area contributed by atoms with Gasteiger partial charge in [-0.25, -0.2) is 0 Å². The zero-order valence-corrected chi connectivity index (χ0v) is 12.6. The van der Waals surface area contributed by atoms with Gasteiger partial charge in [-0.15, -0.1) is 0 Å². The van der Waals surface area contributed by atoms with Crippen LogP contribution < -0.4 is 5.32 Å². The molecule has 1 amide bonds. The minimum absolute atomic E-state index is 0.146. The average Bonchev–Trinajstić information content (AvgIpc) is 2.99. The number of aliphatic hydroxyl groups is 1. The molecule has 1 aromatic carbocycles. The van der Waals surface area contributed by atoms with Crippen LogP contribution >= 0.6 is 23.2 Å². The van der Waals surface area contributed by atoms with E-state index < -0.39 is 6.10 Å². The summed E-state index contributed by atoms with van der Waals surface area (Å²) >= 11 is 11.8. The van der Waals surface area contributed by atoms with Crippen molar-refractivity contribution in [2.75, 3.05) is 13.2 Å². The molecule has 0 aromatic heterocycles. The summed E-state index contributed by atoms with van der Waals surface area (Å²) in [6.07, 6.45) is -1.04. The first kappa shape index (κ1) is 15.1. The van der Waals surface area contributed by atoms with Gasteiger partial charge in [-0.3, -0.25) is 4.79 Å². The number of fused-ring (bicyclic) bond motifs is 1. The standard InChI is InChI=1S/C14H15Cl2NO4/c15-8-2-1-7(3-9(8)16)4-12(19)17-10-5-20-14-11(18)6-21-13(10)14/h1-3,10-11,13-14,18H,4-6H2,(H,17,19)/t10-,11+,13+,14+/m0/s1. The molecule has 0 saturated carbocycles. The molecule has 2 heterocycles. The van der Waals surface area contributed by atoms with Crippen molar-refractivity contribution in [3.8, 4) is 0 Å². The molecule has 0 spiro atoms. The second kappa shape index (κ2) is 6.10. The van der Waals surface area contributed by atoms with Gasteiger partial charge in [0, 0.05) is 0 Å². The number of nitrogens with one attached hydrogen (secondary N) is 1. The fourth-order valence-corrected chi connectivity index (χ4v) is 3.02. The summed E-state index contributed by atoms with van der Waals surface area (Å²) in [4.78, 5) is 12.1. The molecule has 5 nitrogen and oxygen atoms in total. The Morgan fingerprint density at radius 3 is 2.76 bits per heavy atom. The van der Waals surface area contributed by atoms with Crippen molar-refractivity contribution in [2.24, 2.45) is 0 Å². The van der Waals surface area contributed by atoms with Crippen LogP contribution in [0.25, 0.3) is 0 Å². The number of hydrogen-bond acceptors (Lipinski definition) is 4. The van der Waals surface area contributed by atoms with Crippen LogP contribution in [-0.4, -0.2) is 48.6 Å². The SMILES string of the molecule is O=C(Cc1ccc(Cl)c(Cl)c1)N[C@H]1CO[C@H]2[C@@H]1OC[C@H]2O. The van der Waals surface area contributed by atoms with Crippen molar-refractivity contribution in [3.63, 3.8) is 0 Å². The van der Waals surface area contributed by atoms with Gasteiger partial charge in [0.15, 0.2) is 0 Å². The van der Waals surface area contributed by atoms with Gasteiger partial charge in [-0.05, 0) is 17.7 Å². The van der Waals surface area contributed by atoms with E-state index in [1.807, 2.05) is 0 Å². The number of carbonyl (C=O) groups excluding carboxylic acids is 1. The van der Waals surface area contributed by atoms with E-state index in [9.17, 15) is 9.90 Å². The van der Waals surface area contributed by atoms with Gasteiger partial charge in [-0.2, -0.15) is 0 Å². The molecule has 0 radical (unpaired) electrons. The smallest absolute Gasteiger partial charge is 0.224 e. The largest absolute Gasteiger partial charge is 0.388 e. The number of ether oxygens (including phenoxy) is 2. The number of amides is 1. The third-order valence-corrected chi connectivity index (χ3v) is 4.46. The summed E-state index contributed by atoms with van der Waals surface area (Å²) in [5, 5.41) is 13.4. The highest BCUT2D eigenvalue weighted by atomic mass is 35.5. The highest BCUT2D eigenvalue weighted by Gasteiger charge is 2.47. The molecular formula is C14H15Cl2NO4. The lowest BCUT2D eigenvalue weighted by atomic mass is 10.1. The lowest BCUT2D eigenvalue weighted by Crippen LogP contribution is -2.44. The predicted octanol–water partition coefficient (Wildman–Crippen LogP) is 1.18. The van der Waals surface area contributed by atoms with Crippen molar-refractivity contribution >= 4 is 29.1 Å². The highest BCUT2D eigenvalue weighted by molar-refractivity contribution is 6.42. The van der Waals surface area contributed by atoms with Gasteiger partial charge in [0.05, 0.1) is 35.7 Å². The minimum atomic E-state index is -0.619. The molecular weight excluding hydrogens is 317 g/mol. The van der Waals surface area contributed by atoms with Gasteiger partial charge in [0.25, 0.3) is 0 Å². The van der Waals surface area contributed by atoms with Crippen LogP contribution in [0, 0.1) is 0 Å². The second-order valence-corrected chi connectivity index (χ2v) is 6.08. The van der Waals surface area contributed by atoms with Crippen LogP contribution in [0.2, 0.25) is 10.0 Å². The molecule has 0 unspecified atom stereocenters. The summed E-state index contributed by atoms with van der Waals surface area (Å²) in [7, 11) is 0. The Bertz CT molecular complexity index is 554. The molecule has 2 saturated heterocycles. The van der Waals surface area contributed by atoms with Gasteiger partial charge in [0.2, 0.25) is 5.91 Å². The maximum atomic E-state index is 12.1. The van der Waals surface area contributed by atoms with E-state index in [0.717, 1.165) is 5.56 Å². The summed E-state index contributed by atoms with van der Waals surface area (Å²) < 4.78 is 10.9. The summed E-state index contributed by atoms with van der Waals surface area (Å²) in [5.74, 6) is -0.146. The second-order valence-electron chi connectivity index (χ2n) is 5.26. The van der Waals surface area contributed by atoms with E-state index >= 15 is 0 Å². The van der Waals surface area contributed by atoms with Crippen LogP contribution in [0.3, 0.4) is 0 Å². The van der Waals surface area contributed by atoms with Gasteiger partial charge < -0.3 is 19.9 Å². The number of rotatable bonds is 3. The quantitative estimate of drug-likeness (QED) is 0.872. The van der Waals surface area contributed by atoms with Gasteiger partial charge >= 0.3 is 0 Å². The van der Waals surface area contributed by atoms with E-state index in [2.05, 4.69) is 5.32 Å². The first-order valence-electron chi connectivity index (χ1n) is 6.69. The predicted molar refractivity (Wildman–Crippen MR) is 77.6 cm³/mol. The van der Waals surface area contributed by atoms with E-state index in [1.165, 1.54) is 0 Å². The third-order valence-electron chi connectivity index (χ3n) is 3.72. The van der Waals surface area contributed by atoms with Crippen LogP contribution in [0.4, 0.5) is 0 Å². The highest BCUT2D eigenvalue weighted by Crippen LogP contribution is 2.27. The molecule has 114 valence electrons. The Balaban J connectivity index is 1.58. The molecule has 2 N–H and O–H groups in total. The fraction of sp³-hybridized carbons (Fsp3) is 0.500. The first-order valence-corrected chi connectivity index (χ1v) is 7.45. The third kappa shape index (κ3) is 3.17. The molecule has 3 rings (SSSR count). The number of hydrogen-bond donors (Lipinski definition) is 2. The van der Waals surface area contributed by atoms with Crippen molar-refractivity contribution in [1.82, 2.24) is 5.32 Å². The average molecular weight is 332 g/mol. The van der Waals surface area contributed by atoms with E-state index in [-0.39, 0.29) is 37.2 Å². The van der Waals surface area contributed by atoms with Crippen LogP contribution in [0.1, 0.15) is 5.56 Å². The lowest BCUT2D eigenvalue weighted by molar-refractivity contribution is -0.121. The Labute approximate surface area is 132 Å². The maximum Gasteiger partial charge on any atom is 0.224 e. The fourth-order valence-electron chi connectivity index (χ4n) is 2.70. The normalized spacial score (nSPS) is 31.2. The Morgan fingerprint density at radius 2 is 2.00 bits per heavy atom. The van der Waals surface area contributed by atoms with E-state index in [1.54, 1.807) is 18.2 Å². The first-order chi connectivity index (χ1) is 10.0. The van der Waals surface area contributed by atoms with Crippen LogP contribution in [0.5, 0.6) is 0 Å². The molecule has 0 aliphatic carbocycles. The number of benzene rings is 1. The summed E-state index contributed by atoms with van der Waals surface area (Å²) in [5.41, 5.74) is 0.782. The molecule has 0 bridgehead atoms. The summed E-state index contributed by atoms with van der Waals surface area (Å²) in [6.45, 7) is 0.591. The van der Waals surface area contributed by atoms with Crippen LogP contribution in [-0.2, 0) is 20.7 Å². The van der Waals surface area contributed by atoms with Crippen molar-refractivity contribution in [1.29, 1.82) is 0 Å². The maximum absolute atomic E-state index is 12.1. The van der Waals surface area contributed by atoms with Crippen molar-refractivity contribution in [2.45, 2.75) is 30.8 Å². The zero-order chi connectivity index (χ0) is 15.0. The molecule has 2 fully saturated rings. The van der Waals surface area contributed by atoms with E-state index in [0.29, 0.717) is 16.7 Å². The molecule has 4 atom stereocenters. The number of carbonyl (C=O) groups is 1. The molecule has 21 heavy (non-hydrogen) atoms. The molecule has 2 aliphatic rings. The lowest BCUT2D eigenvalue weighted by Gasteiger charge is -2.17. The van der Waals surface area contributed by atoms with Gasteiger partial charge in [-0.1, -0.05) is 29.3 Å². The monoisotopic (exact) mass is 331 g/mol. The van der Waals surface area contributed by atoms with E-state index in [4.69, 9.17) is 32.7 Å². The summed E-state index contributed by atoms with van der Waals surface area (Å²) in [6, 6.07) is 4.87. The topological polar surface area (TPSA) is 67.8 Å². The molecule has 2 aliphatic heterocycles. The Hall–Kier alpha value is -0.850. The zero-order valence-electron chi connectivity index (χ0n) is 11.1.